The summed E-state index contributed by atoms with van der Waals surface area (Å²) in [6, 6.07) is 10.6. The first-order valence-electron chi connectivity index (χ1n) is 16.8. The number of rotatable bonds is 17. The third-order valence-corrected chi connectivity index (χ3v) is 11.8. The Kier molecular flexibility index (Phi) is 11.9. The number of imidazole rings is 1. The second-order valence-corrected chi connectivity index (χ2v) is 22.1. The summed E-state index contributed by atoms with van der Waals surface area (Å²) < 4.78 is 48.0. The molecule has 0 spiro atoms. The number of pyridine rings is 1. The van der Waals surface area contributed by atoms with Crippen molar-refractivity contribution in [3.05, 3.63) is 60.5 Å². The molecule has 0 radical (unpaired) electrons. The number of unbranched alkanes of at least 4 members (excludes halogenated alkanes) is 2. The van der Waals surface area contributed by atoms with Crippen LogP contribution in [0.3, 0.4) is 0 Å². The first-order chi connectivity index (χ1) is 22.9. The molecule has 48 heavy (non-hydrogen) atoms. The van der Waals surface area contributed by atoms with Crippen molar-refractivity contribution < 1.29 is 27.7 Å². The van der Waals surface area contributed by atoms with Gasteiger partial charge in [0.25, 0.3) is 0 Å². The Bertz CT molecular complexity index is 1640. The average Bonchev–Trinajstić information content (AvgIpc) is 3.83. The van der Waals surface area contributed by atoms with Crippen LogP contribution in [0.1, 0.15) is 70.4 Å². The van der Waals surface area contributed by atoms with Gasteiger partial charge >= 0.3 is 0 Å². The highest BCUT2D eigenvalue weighted by molar-refractivity contribution is 7.84. The van der Waals surface area contributed by atoms with E-state index in [-0.39, 0.29) is 6.04 Å². The van der Waals surface area contributed by atoms with Gasteiger partial charge in [-0.3, -0.25) is 4.98 Å². The smallest absolute Gasteiger partial charge is 0.215 e. The quantitative estimate of drug-likeness (QED) is 0.0891. The zero-order chi connectivity index (χ0) is 34.4. The van der Waals surface area contributed by atoms with E-state index in [4.69, 9.17) is 28.5 Å². The number of fused-ring (bicyclic) bond motifs is 1. The van der Waals surface area contributed by atoms with Crippen LogP contribution in [0.4, 0.5) is 0 Å². The molecule has 1 aliphatic heterocycles. The second kappa shape index (κ2) is 15.7. The van der Waals surface area contributed by atoms with E-state index in [2.05, 4.69) is 45.1 Å². The van der Waals surface area contributed by atoms with E-state index in [1.165, 1.54) is 0 Å². The van der Waals surface area contributed by atoms with Gasteiger partial charge in [-0.05, 0) is 51.8 Å². The number of benzene rings is 1. The van der Waals surface area contributed by atoms with Crippen molar-refractivity contribution in [3.8, 4) is 17.0 Å². The van der Waals surface area contributed by atoms with Gasteiger partial charge in [-0.25, -0.2) is 13.9 Å². The van der Waals surface area contributed by atoms with E-state index in [9.17, 15) is 4.21 Å². The minimum Gasteiger partial charge on any atom is -0.496 e. The first kappa shape index (κ1) is 36.3. The monoisotopic (exact) mass is 697 g/mol. The Hall–Kier alpha value is -2.94. The van der Waals surface area contributed by atoms with Crippen LogP contribution in [0.5, 0.6) is 5.75 Å². The van der Waals surface area contributed by atoms with E-state index < -0.39 is 29.6 Å². The van der Waals surface area contributed by atoms with Crippen molar-refractivity contribution in [2.45, 2.75) is 102 Å². The third kappa shape index (κ3) is 8.99. The molecule has 1 aliphatic rings. The van der Waals surface area contributed by atoms with Crippen molar-refractivity contribution in [2.75, 3.05) is 26.9 Å². The SMILES string of the molecule is COc1cc2ncccc2cc1-c1cnc([C@H](CCCCCC2(c3ccon3)OCCO2)N[S@](=O)C(C)(C)C)n1COCC[Si](C)(C)C. The van der Waals surface area contributed by atoms with Crippen LogP contribution < -0.4 is 9.46 Å². The van der Waals surface area contributed by atoms with Crippen molar-refractivity contribution in [1.29, 1.82) is 0 Å². The fraction of sp³-hybridized carbons (Fsp3) is 0.571. The summed E-state index contributed by atoms with van der Waals surface area (Å²) in [5.74, 6) is 0.632. The average molecular weight is 698 g/mol. The number of methoxy groups -OCH3 is 1. The Morgan fingerprint density at radius 3 is 2.58 bits per heavy atom. The van der Waals surface area contributed by atoms with Crippen LogP contribution in [0, 0.1) is 0 Å². The molecule has 1 aromatic carbocycles. The molecule has 3 aromatic heterocycles. The van der Waals surface area contributed by atoms with E-state index in [1.807, 2.05) is 45.2 Å². The second-order valence-electron chi connectivity index (χ2n) is 14.5. The van der Waals surface area contributed by atoms with Crippen molar-refractivity contribution in [2.24, 2.45) is 0 Å². The molecule has 5 rings (SSSR count). The summed E-state index contributed by atoms with van der Waals surface area (Å²) >= 11 is 0. The minimum atomic E-state index is -1.32. The van der Waals surface area contributed by atoms with Crippen LogP contribution in [0.15, 0.2) is 53.5 Å². The molecule has 0 saturated carbocycles. The number of hydrogen-bond donors (Lipinski definition) is 1. The molecule has 1 N–H and O–H groups in total. The fourth-order valence-corrected chi connectivity index (χ4v) is 7.33. The van der Waals surface area contributed by atoms with Gasteiger partial charge in [0, 0.05) is 50.4 Å². The van der Waals surface area contributed by atoms with Gasteiger partial charge in [0.2, 0.25) is 5.79 Å². The van der Waals surface area contributed by atoms with Gasteiger partial charge < -0.3 is 28.0 Å². The molecule has 4 heterocycles. The molecule has 0 unspecified atom stereocenters. The lowest BCUT2D eigenvalue weighted by Crippen LogP contribution is -2.37. The zero-order valence-corrected chi connectivity index (χ0v) is 31.2. The Labute approximate surface area is 287 Å². The lowest BCUT2D eigenvalue weighted by atomic mass is 10.0. The number of aromatic nitrogens is 4. The van der Waals surface area contributed by atoms with E-state index in [1.54, 1.807) is 25.6 Å². The Balaban J connectivity index is 1.41. The lowest BCUT2D eigenvalue weighted by Gasteiger charge is -2.26. The largest absolute Gasteiger partial charge is 0.496 e. The fourth-order valence-electron chi connectivity index (χ4n) is 5.74. The molecule has 0 amide bonds. The summed E-state index contributed by atoms with van der Waals surface area (Å²) in [5.41, 5.74) is 3.30. The maximum atomic E-state index is 13.6. The predicted molar refractivity (Wildman–Crippen MR) is 191 cm³/mol. The molecule has 1 saturated heterocycles. The third-order valence-electron chi connectivity index (χ3n) is 8.50. The van der Waals surface area contributed by atoms with Crippen LogP contribution in [0.2, 0.25) is 25.7 Å². The molecule has 13 heteroatoms. The normalized spacial score (nSPS) is 16.4. The van der Waals surface area contributed by atoms with Crippen molar-refractivity contribution >= 4 is 30.0 Å². The van der Waals surface area contributed by atoms with E-state index in [0.717, 1.165) is 59.7 Å². The van der Waals surface area contributed by atoms with Crippen molar-refractivity contribution in [3.63, 3.8) is 0 Å². The van der Waals surface area contributed by atoms with Crippen LogP contribution in [-0.4, -0.2) is 63.7 Å². The van der Waals surface area contributed by atoms with Crippen LogP contribution in [-0.2, 0) is 37.7 Å². The summed E-state index contributed by atoms with van der Waals surface area (Å²) in [5, 5.41) is 5.10. The van der Waals surface area contributed by atoms with Gasteiger partial charge in [0.1, 0.15) is 30.3 Å². The predicted octanol–water partition coefficient (Wildman–Crippen LogP) is 7.35. The summed E-state index contributed by atoms with van der Waals surface area (Å²) in [6.45, 7) is 15.0. The summed E-state index contributed by atoms with van der Waals surface area (Å²) in [7, 11) is -0.945. The standard InChI is InChI=1S/C35H51N5O6SSi/c1-34(2,3)47(41)39-28(13-9-8-10-15-35(44-18-19-45-35)32-14-17-46-38-32)33-37-24-30(40(33)25-43-20-21-48(5,6)7)27-22-26-12-11-16-36-29(26)23-31(27)42-4/h11-12,14,16-17,22-24,28,39H,8-10,13,15,18-21,25H2,1-7H3/t28-,47+/m0/s1. The van der Waals surface area contributed by atoms with Gasteiger partial charge in [-0.1, -0.05) is 43.7 Å². The lowest BCUT2D eigenvalue weighted by molar-refractivity contribution is -0.175. The summed E-state index contributed by atoms with van der Waals surface area (Å²) in [4.78, 5) is 9.50. The highest BCUT2D eigenvalue weighted by Crippen LogP contribution is 2.38. The molecule has 11 nitrogen and oxygen atoms in total. The molecule has 4 aromatic rings. The van der Waals surface area contributed by atoms with Gasteiger partial charge in [-0.2, -0.15) is 0 Å². The minimum absolute atomic E-state index is 0.281. The maximum absolute atomic E-state index is 13.6. The molecular formula is C35H51N5O6SSi. The number of hydrogen-bond acceptors (Lipinski definition) is 9. The number of nitrogens with one attached hydrogen (secondary N) is 1. The molecule has 0 bridgehead atoms. The van der Waals surface area contributed by atoms with E-state index in [0.29, 0.717) is 44.4 Å². The highest BCUT2D eigenvalue weighted by Gasteiger charge is 2.40. The topological polar surface area (TPSA) is 123 Å². The van der Waals surface area contributed by atoms with Gasteiger partial charge in [-0.15, -0.1) is 0 Å². The van der Waals surface area contributed by atoms with Crippen LogP contribution in [0.25, 0.3) is 22.2 Å². The summed E-state index contributed by atoms with van der Waals surface area (Å²) in [6.07, 6.45) is 9.26. The number of nitrogens with zero attached hydrogens (tertiary/aromatic N) is 4. The molecule has 1 fully saturated rings. The van der Waals surface area contributed by atoms with Gasteiger partial charge in [0.15, 0.2) is 0 Å². The van der Waals surface area contributed by atoms with Crippen molar-refractivity contribution in [1.82, 2.24) is 24.4 Å². The first-order valence-corrected chi connectivity index (χ1v) is 21.7. The van der Waals surface area contributed by atoms with Crippen LogP contribution >= 0.6 is 0 Å². The molecular weight excluding hydrogens is 647 g/mol. The molecule has 262 valence electrons. The highest BCUT2D eigenvalue weighted by atomic mass is 32.2. The maximum Gasteiger partial charge on any atom is 0.215 e. The Morgan fingerprint density at radius 1 is 1.10 bits per heavy atom. The zero-order valence-electron chi connectivity index (χ0n) is 29.4. The number of ether oxygens (including phenoxy) is 4. The van der Waals surface area contributed by atoms with E-state index >= 15 is 0 Å². The van der Waals surface area contributed by atoms with Gasteiger partial charge in [0.05, 0.1) is 59.5 Å². The Morgan fingerprint density at radius 2 is 1.90 bits per heavy atom. The molecule has 2 atom stereocenters. The molecule has 0 aliphatic carbocycles.